The highest BCUT2D eigenvalue weighted by atomic mass is 31.2. The lowest BCUT2D eigenvalue weighted by Crippen LogP contribution is -2.30. The third-order valence-electron chi connectivity index (χ3n) is 12.6. The number of hydrogen-bond acceptors (Lipinski definition) is 10. The van der Waals surface area contributed by atoms with Crippen LogP contribution in [0.25, 0.3) is 0 Å². The summed E-state index contributed by atoms with van der Waals surface area (Å²) in [5.41, 5.74) is 0. The van der Waals surface area contributed by atoms with Crippen molar-refractivity contribution in [3.63, 3.8) is 0 Å². The van der Waals surface area contributed by atoms with E-state index in [1.807, 2.05) is 12.2 Å². The Balaban J connectivity index is 4.79. The lowest BCUT2D eigenvalue weighted by atomic mass is 10.0. The lowest BCUT2D eigenvalue weighted by molar-refractivity contribution is -0.160. The Morgan fingerprint density at radius 3 is 1.18 bits per heavy atom. The van der Waals surface area contributed by atoms with Crippen molar-refractivity contribution in [2.45, 2.75) is 277 Å². The van der Waals surface area contributed by atoms with Crippen LogP contribution >= 0.6 is 7.82 Å². The molecule has 12 heteroatoms. The molecule has 2 N–H and O–H groups in total. The largest absolute Gasteiger partial charge is 0.472 e. The summed E-state index contributed by atoms with van der Waals surface area (Å²) in [6.45, 7) is 4.44. The van der Waals surface area contributed by atoms with Crippen molar-refractivity contribution in [2.24, 2.45) is 0 Å². The lowest BCUT2D eigenvalue weighted by Gasteiger charge is -2.21. The molecule has 0 saturated carbocycles. The standard InChI is InChI=1S/C62H109O11P/c1-4-7-10-13-16-19-22-25-28-29-32-33-36-39-42-45-48-51-60(64)69-55-59(73-62(66)53-50-47-44-41-38-35-31-27-24-21-18-15-12-9-6-3)57-71-74(67,68)70-56-58(54-63)72-61(65)52-49-46-43-40-37-34-30-26-23-20-17-14-11-8-5-2/h9,12,18,21,25,27-28,31,38,41,47,50,58-59,63H,4-8,10-11,13-17,19-20,22-24,26,29-30,32-37,39-40,42-46,48-49,51-57H2,1-3H3,(H,67,68)/b12-9-,21-18-,28-25-,31-27-,41-38-,50-47-. The normalized spacial score (nSPS) is 13.9. The Kier molecular flexibility index (Phi) is 53.8. The van der Waals surface area contributed by atoms with Gasteiger partial charge in [0.2, 0.25) is 0 Å². The van der Waals surface area contributed by atoms with Gasteiger partial charge in [-0.15, -0.1) is 0 Å². The van der Waals surface area contributed by atoms with Gasteiger partial charge in [-0.1, -0.05) is 248 Å². The van der Waals surface area contributed by atoms with Gasteiger partial charge in [0.1, 0.15) is 12.7 Å². The number of aliphatic hydroxyl groups is 1. The molecule has 0 aliphatic heterocycles. The highest BCUT2D eigenvalue weighted by Crippen LogP contribution is 2.43. The van der Waals surface area contributed by atoms with Gasteiger partial charge in [-0.05, 0) is 70.6 Å². The van der Waals surface area contributed by atoms with Crippen molar-refractivity contribution in [1.82, 2.24) is 0 Å². The number of carbonyl (C=O) groups excluding carboxylic acids is 3. The molecule has 0 rings (SSSR count). The van der Waals surface area contributed by atoms with Crippen molar-refractivity contribution in [3.05, 3.63) is 72.9 Å². The summed E-state index contributed by atoms with van der Waals surface area (Å²) in [4.78, 5) is 48.5. The molecule has 0 amide bonds. The summed E-state index contributed by atoms with van der Waals surface area (Å²) in [6.07, 6.45) is 63.2. The second-order valence-electron chi connectivity index (χ2n) is 19.8. The predicted octanol–water partition coefficient (Wildman–Crippen LogP) is 17.7. The Hall–Kier alpha value is -3.08. The first-order chi connectivity index (χ1) is 36.2. The van der Waals surface area contributed by atoms with E-state index in [4.69, 9.17) is 23.3 Å². The smallest absolute Gasteiger partial charge is 0.462 e. The van der Waals surface area contributed by atoms with Crippen molar-refractivity contribution in [3.8, 4) is 0 Å². The number of phosphoric ester groups is 1. The van der Waals surface area contributed by atoms with Crippen molar-refractivity contribution in [1.29, 1.82) is 0 Å². The molecule has 0 aliphatic carbocycles. The Bertz CT molecular complexity index is 1520. The monoisotopic (exact) mass is 1060 g/mol. The third-order valence-corrected chi connectivity index (χ3v) is 13.6. The molecule has 0 aromatic carbocycles. The van der Waals surface area contributed by atoms with Crippen LogP contribution in [-0.2, 0) is 42.2 Å². The van der Waals surface area contributed by atoms with Gasteiger partial charge in [0.25, 0.3) is 0 Å². The number of carbonyl (C=O) groups is 3. The molecule has 0 radical (unpaired) electrons. The van der Waals surface area contributed by atoms with Gasteiger partial charge in [0.15, 0.2) is 6.10 Å². The molecule has 428 valence electrons. The van der Waals surface area contributed by atoms with Gasteiger partial charge in [0, 0.05) is 12.8 Å². The topological polar surface area (TPSA) is 155 Å². The van der Waals surface area contributed by atoms with Crippen LogP contribution in [0.4, 0.5) is 0 Å². The highest BCUT2D eigenvalue weighted by molar-refractivity contribution is 7.47. The number of hydrogen-bond donors (Lipinski definition) is 2. The Labute approximate surface area is 452 Å². The van der Waals surface area contributed by atoms with Crippen molar-refractivity contribution in [2.75, 3.05) is 26.4 Å². The second kappa shape index (κ2) is 56.1. The average molecular weight is 1060 g/mol. The van der Waals surface area contributed by atoms with Crippen LogP contribution in [0.1, 0.15) is 265 Å². The van der Waals surface area contributed by atoms with Crippen LogP contribution in [0.2, 0.25) is 0 Å². The molecule has 0 aromatic rings. The molecule has 74 heavy (non-hydrogen) atoms. The number of aliphatic hydroxyl groups excluding tert-OH is 1. The van der Waals surface area contributed by atoms with E-state index < -0.39 is 57.8 Å². The third kappa shape index (κ3) is 53.7. The summed E-state index contributed by atoms with van der Waals surface area (Å²) in [5.74, 6) is -1.61. The number of esters is 3. The number of phosphoric acid groups is 1. The molecule has 0 bridgehead atoms. The maximum atomic E-state index is 12.9. The molecular formula is C62H109O11P. The van der Waals surface area contributed by atoms with Gasteiger partial charge in [-0.25, -0.2) is 4.57 Å². The minimum absolute atomic E-state index is 0.0653. The van der Waals surface area contributed by atoms with E-state index >= 15 is 0 Å². The van der Waals surface area contributed by atoms with E-state index in [1.54, 1.807) is 6.08 Å². The fraction of sp³-hybridized carbons (Fsp3) is 0.758. The minimum Gasteiger partial charge on any atom is -0.462 e. The summed E-state index contributed by atoms with van der Waals surface area (Å²) in [6, 6.07) is 0. The van der Waals surface area contributed by atoms with Crippen LogP contribution in [0.15, 0.2) is 72.9 Å². The quantitative estimate of drug-likeness (QED) is 0.0197. The van der Waals surface area contributed by atoms with Crippen LogP contribution in [0, 0.1) is 0 Å². The Morgan fingerprint density at radius 1 is 0.405 bits per heavy atom. The molecular weight excluding hydrogens is 952 g/mol. The summed E-state index contributed by atoms with van der Waals surface area (Å²) >= 11 is 0. The first kappa shape index (κ1) is 70.9. The number of unbranched alkanes of at least 4 members (excludes halogenated alkanes) is 27. The molecule has 3 atom stereocenters. The summed E-state index contributed by atoms with van der Waals surface area (Å²) in [7, 11) is -4.77. The molecule has 3 unspecified atom stereocenters. The van der Waals surface area contributed by atoms with E-state index in [1.165, 1.54) is 135 Å². The first-order valence-corrected chi connectivity index (χ1v) is 31.3. The first-order valence-electron chi connectivity index (χ1n) is 29.8. The summed E-state index contributed by atoms with van der Waals surface area (Å²) in [5, 5.41) is 9.82. The van der Waals surface area contributed by atoms with E-state index in [2.05, 4.69) is 75.5 Å². The summed E-state index contributed by atoms with van der Waals surface area (Å²) < 4.78 is 39.4. The zero-order valence-corrected chi connectivity index (χ0v) is 48.2. The zero-order valence-electron chi connectivity index (χ0n) is 47.3. The number of rotatable bonds is 55. The van der Waals surface area contributed by atoms with Gasteiger partial charge < -0.3 is 24.2 Å². The van der Waals surface area contributed by atoms with E-state index in [-0.39, 0.29) is 25.9 Å². The van der Waals surface area contributed by atoms with E-state index in [9.17, 15) is 28.9 Å². The maximum Gasteiger partial charge on any atom is 0.472 e. The van der Waals surface area contributed by atoms with Gasteiger partial charge >= 0.3 is 25.7 Å². The van der Waals surface area contributed by atoms with E-state index in [0.29, 0.717) is 19.3 Å². The van der Waals surface area contributed by atoms with Gasteiger partial charge in [-0.2, -0.15) is 0 Å². The highest BCUT2D eigenvalue weighted by Gasteiger charge is 2.28. The van der Waals surface area contributed by atoms with Gasteiger partial charge in [-0.3, -0.25) is 23.4 Å². The van der Waals surface area contributed by atoms with Crippen molar-refractivity contribution < 1.29 is 52.2 Å². The number of allylic oxidation sites excluding steroid dienone is 11. The van der Waals surface area contributed by atoms with Crippen molar-refractivity contribution >= 4 is 25.7 Å². The van der Waals surface area contributed by atoms with Crippen LogP contribution < -0.4 is 0 Å². The molecule has 0 fully saturated rings. The SMILES string of the molecule is CC/C=C\C/C=C\C/C=C\C/C=C\C/C=C\CC(=O)OC(COC(=O)CCCCCCCCC/C=C\CCCCCCCC)COP(=O)(O)OCC(CO)OC(=O)CCCCCCCCCCCCCCCCC. The van der Waals surface area contributed by atoms with Gasteiger partial charge in [0.05, 0.1) is 26.2 Å². The van der Waals surface area contributed by atoms with E-state index in [0.717, 1.165) is 70.6 Å². The Morgan fingerprint density at radius 2 is 0.757 bits per heavy atom. The molecule has 11 nitrogen and oxygen atoms in total. The second-order valence-corrected chi connectivity index (χ2v) is 21.3. The van der Waals surface area contributed by atoms with Crippen LogP contribution in [0.5, 0.6) is 0 Å². The van der Waals surface area contributed by atoms with Crippen LogP contribution in [-0.4, -0.2) is 66.5 Å². The number of ether oxygens (including phenoxy) is 3. The minimum atomic E-state index is -4.77. The molecule has 0 aliphatic rings. The fourth-order valence-electron chi connectivity index (χ4n) is 8.13. The maximum absolute atomic E-state index is 12.9. The molecule has 0 saturated heterocycles. The average Bonchev–Trinajstić information content (AvgIpc) is 3.39. The molecule has 0 spiro atoms. The predicted molar refractivity (Wildman–Crippen MR) is 307 cm³/mol. The molecule has 0 heterocycles. The van der Waals surface area contributed by atoms with Crippen LogP contribution in [0.3, 0.4) is 0 Å². The zero-order chi connectivity index (χ0) is 54.1. The molecule has 0 aromatic heterocycles. The fourth-order valence-corrected chi connectivity index (χ4v) is 8.92.